The third-order valence-electron chi connectivity index (χ3n) is 2.49. The molecule has 1 rings (SSSR count). The molecule has 0 spiro atoms. The van der Waals surface area contributed by atoms with Gasteiger partial charge in [-0.1, -0.05) is 35.3 Å². The Balaban J connectivity index is 2.74. The summed E-state index contributed by atoms with van der Waals surface area (Å²) in [6, 6.07) is 7.62. The number of halogens is 1. The molecule has 0 aliphatic rings. The van der Waals surface area contributed by atoms with Crippen molar-refractivity contribution in [1.82, 2.24) is 0 Å². The van der Waals surface area contributed by atoms with Gasteiger partial charge < -0.3 is 5.32 Å². The molecule has 0 heterocycles. The van der Waals surface area contributed by atoms with Crippen molar-refractivity contribution in [1.29, 1.82) is 5.26 Å². The van der Waals surface area contributed by atoms with Gasteiger partial charge in [0.15, 0.2) is 0 Å². The zero-order valence-electron chi connectivity index (χ0n) is 9.96. The highest BCUT2D eigenvalue weighted by atomic mass is 79.9. The molecule has 0 aromatic heterocycles. The number of rotatable bonds is 4. The normalized spacial score (nSPS) is 11.6. The third-order valence-corrected chi connectivity index (χ3v) is 3.34. The van der Waals surface area contributed by atoms with Gasteiger partial charge in [0.2, 0.25) is 5.91 Å². The molecule has 1 aromatic rings. The number of anilines is 1. The molecule has 0 saturated heterocycles. The summed E-state index contributed by atoms with van der Waals surface area (Å²) in [5.41, 5.74) is 1.82. The third kappa shape index (κ3) is 3.86. The molecular weight excluding hydrogens is 280 g/mol. The Hall–Kier alpha value is -1.34. The first kappa shape index (κ1) is 13.7. The molecular formula is C13H15BrN2O. The van der Waals surface area contributed by atoms with Gasteiger partial charge in [0, 0.05) is 10.2 Å². The monoisotopic (exact) mass is 294 g/mol. The molecule has 1 N–H and O–H groups in total. The fourth-order valence-electron chi connectivity index (χ4n) is 1.44. The van der Waals surface area contributed by atoms with E-state index in [1.165, 1.54) is 0 Å². The Morgan fingerprint density at radius 1 is 1.59 bits per heavy atom. The second-order valence-electron chi connectivity index (χ2n) is 3.92. The molecule has 1 unspecified atom stereocenters. The lowest BCUT2D eigenvalue weighted by atomic mass is 10.0. The van der Waals surface area contributed by atoms with Gasteiger partial charge in [0.1, 0.15) is 5.92 Å². The summed E-state index contributed by atoms with van der Waals surface area (Å²) < 4.78 is 0.944. The minimum absolute atomic E-state index is 0.231. The van der Waals surface area contributed by atoms with Gasteiger partial charge >= 0.3 is 0 Å². The fraction of sp³-hybridized carbons (Fsp3) is 0.385. The summed E-state index contributed by atoms with van der Waals surface area (Å²) in [6.45, 7) is 3.94. The topological polar surface area (TPSA) is 52.9 Å². The predicted molar refractivity (Wildman–Crippen MR) is 71.5 cm³/mol. The quantitative estimate of drug-likeness (QED) is 0.922. The van der Waals surface area contributed by atoms with E-state index < -0.39 is 5.92 Å². The van der Waals surface area contributed by atoms with Gasteiger partial charge in [-0.2, -0.15) is 5.26 Å². The summed E-state index contributed by atoms with van der Waals surface area (Å²) in [4.78, 5) is 11.8. The first-order valence-electron chi connectivity index (χ1n) is 5.55. The van der Waals surface area contributed by atoms with Crippen LogP contribution in [0.5, 0.6) is 0 Å². The van der Waals surface area contributed by atoms with Crippen LogP contribution < -0.4 is 5.32 Å². The Labute approximate surface area is 110 Å². The van der Waals surface area contributed by atoms with Gasteiger partial charge in [-0.05, 0) is 31.0 Å². The number of carbonyl (C=O) groups excluding carboxylic acids is 1. The van der Waals surface area contributed by atoms with E-state index in [1.807, 2.05) is 38.1 Å². The van der Waals surface area contributed by atoms with Crippen LogP contribution in [0.4, 0.5) is 5.69 Å². The summed E-state index contributed by atoms with van der Waals surface area (Å²) in [7, 11) is 0. The van der Waals surface area contributed by atoms with Crippen molar-refractivity contribution in [2.45, 2.75) is 26.7 Å². The fourth-order valence-corrected chi connectivity index (χ4v) is 1.82. The van der Waals surface area contributed by atoms with Crippen molar-refractivity contribution in [2.75, 3.05) is 5.32 Å². The van der Waals surface area contributed by atoms with E-state index in [4.69, 9.17) is 5.26 Å². The van der Waals surface area contributed by atoms with Crippen molar-refractivity contribution in [3.63, 3.8) is 0 Å². The average molecular weight is 295 g/mol. The Morgan fingerprint density at radius 2 is 2.29 bits per heavy atom. The highest BCUT2D eigenvalue weighted by molar-refractivity contribution is 9.10. The number of nitrogens with zero attached hydrogens (tertiary/aromatic N) is 1. The summed E-state index contributed by atoms with van der Waals surface area (Å²) >= 11 is 3.40. The molecule has 1 amide bonds. The van der Waals surface area contributed by atoms with Gasteiger partial charge in [-0.3, -0.25) is 4.79 Å². The van der Waals surface area contributed by atoms with E-state index in [1.54, 1.807) is 0 Å². The van der Waals surface area contributed by atoms with E-state index in [2.05, 4.69) is 21.2 Å². The molecule has 0 fully saturated rings. The van der Waals surface area contributed by atoms with Crippen LogP contribution in [-0.2, 0) is 4.79 Å². The molecule has 0 bridgehead atoms. The van der Waals surface area contributed by atoms with Crippen LogP contribution >= 0.6 is 15.9 Å². The molecule has 17 heavy (non-hydrogen) atoms. The molecule has 1 aromatic carbocycles. The molecule has 0 saturated carbocycles. The molecule has 4 heteroatoms. The summed E-state index contributed by atoms with van der Waals surface area (Å²) in [5.74, 6) is -0.801. The first-order chi connectivity index (χ1) is 8.08. The van der Waals surface area contributed by atoms with Crippen molar-refractivity contribution < 1.29 is 4.79 Å². The first-order valence-corrected chi connectivity index (χ1v) is 6.34. The van der Waals surface area contributed by atoms with Gasteiger partial charge in [0.25, 0.3) is 0 Å². The molecule has 0 radical (unpaired) electrons. The lowest BCUT2D eigenvalue weighted by Gasteiger charge is -2.10. The van der Waals surface area contributed by atoms with Crippen LogP contribution in [0.15, 0.2) is 22.7 Å². The van der Waals surface area contributed by atoms with Gasteiger partial charge in [0.05, 0.1) is 6.07 Å². The number of amides is 1. The Morgan fingerprint density at radius 3 is 2.82 bits per heavy atom. The van der Waals surface area contributed by atoms with Crippen LogP contribution in [-0.4, -0.2) is 5.91 Å². The summed E-state index contributed by atoms with van der Waals surface area (Å²) in [5, 5.41) is 11.6. The molecule has 1 atom stereocenters. The van der Waals surface area contributed by atoms with Crippen LogP contribution in [0.3, 0.4) is 0 Å². The maximum Gasteiger partial charge on any atom is 0.241 e. The van der Waals surface area contributed by atoms with E-state index >= 15 is 0 Å². The second kappa shape index (κ2) is 6.41. The molecule has 0 aliphatic carbocycles. The lowest BCUT2D eigenvalue weighted by Crippen LogP contribution is -2.21. The van der Waals surface area contributed by atoms with Crippen LogP contribution in [0.2, 0.25) is 0 Å². The van der Waals surface area contributed by atoms with E-state index in [0.29, 0.717) is 12.1 Å². The van der Waals surface area contributed by atoms with Crippen molar-refractivity contribution in [2.24, 2.45) is 5.92 Å². The minimum atomic E-state index is -0.569. The number of benzene rings is 1. The molecule has 3 nitrogen and oxygen atoms in total. The Bertz CT molecular complexity index is 451. The second-order valence-corrected chi connectivity index (χ2v) is 4.78. The minimum Gasteiger partial charge on any atom is -0.325 e. The van der Waals surface area contributed by atoms with Crippen molar-refractivity contribution >= 4 is 27.5 Å². The number of nitriles is 1. The SMILES string of the molecule is CCCC(C#N)C(=O)Nc1ccc(C)c(Br)c1. The van der Waals surface area contributed by atoms with Crippen LogP contribution in [0.1, 0.15) is 25.3 Å². The molecule has 0 aliphatic heterocycles. The predicted octanol–water partition coefficient (Wildman–Crippen LogP) is 3.64. The van der Waals surface area contributed by atoms with E-state index in [0.717, 1.165) is 16.5 Å². The maximum absolute atomic E-state index is 11.8. The average Bonchev–Trinajstić information content (AvgIpc) is 2.30. The van der Waals surface area contributed by atoms with Crippen LogP contribution in [0, 0.1) is 24.2 Å². The van der Waals surface area contributed by atoms with E-state index in [-0.39, 0.29) is 5.91 Å². The highest BCUT2D eigenvalue weighted by Gasteiger charge is 2.16. The number of aryl methyl sites for hydroxylation is 1. The molecule has 90 valence electrons. The van der Waals surface area contributed by atoms with Crippen molar-refractivity contribution in [3.8, 4) is 6.07 Å². The van der Waals surface area contributed by atoms with Crippen molar-refractivity contribution in [3.05, 3.63) is 28.2 Å². The standard InChI is InChI=1S/C13H15BrN2O/c1-3-4-10(8-15)13(17)16-11-6-5-9(2)12(14)7-11/h5-7,10H,3-4H2,1-2H3,(H,16,17). The number of hydrogen-bond donors (Lipinski definition) is 1. The maximum atomic E-state index is 11.8. The number of hydrogen-bond acceptors (Lipinski definition) is 2. The zero-order chi connectivity index (χ0) is 12.8. The van der Waals surface area contributed by atoms with Gasteiger partial charge in [-0.15, -0.1) is 0 Å². The number of carbonyl (C=O) groups is 1. The summed E-state index contributed by atoms with van der Waals surface area (Å²) in [6.07, 6.45) is 1.42. The van der Waals surface area contributed by atoms with Crippen LogP contribution in [0.25, 0.3) is 0 Å². The van der Waals surface area contributed by atoms with Gasteiger partial charge in [-0.25, -0.2) is 0 Å². The number of nitrogens with one attached hydrogen (secondary N) is 1. The smallest absolute Gasteiger partial charge is 0.241 e. The zero-order valence-corrected chi connectivity index (χ0v) is 11.5. The highest BCUT2D eigenvalue weighted by Crippen LogP contribution is 2.21. The van der Waals surface area contributed by atoms with E-state index in [9.17, 15) is 4.79 Å². The lowest BCUT2D eigenvalue weighted by molar-refractivity contribution is -0.118. The largest absolute Gasteiger partial charge is 0.325 e. The Kier molecular flexibility index (Phi) is 5.17.